The monoisotopic (exact) mass is 574 g/mol. The number of benzene rings is 1. The van der Waals surface area contributed by atoms with Crippen molar-refractivity contribution in [2.75, 3.05) is 43.4 Å². The summed E-state index contributed by atoms with van der Waals surface area (Å²) in [5.74, 6) is 0.231. The average Bonchev–Trinajstić information content (AvgIpc) is 3.72. The molecule has 0 aliphatic carbocycles. The fourth-order valence-corrected chi connectivity index (χ4v) is 8.57. The highest BCUT2D eigenvalue weighted by atomic mass is 32.1. The normalized spacial score (nSPS) is 23.6. The van der Waals surface area contributed by atoms with E-state index in [1.54, 1.807) is 6.20 Å². The topological polar surface area (TPSA) is 105 Å². The number of hydrogen-bond donors (Lipinski definition) is 2. The number of aromatic nitrogens is 4. The molecule has 0 radical (unpaired) electrons. The van der Waals surface area contributed by atoms with Gasteiger partial charge in [-0.25, -0.2) is 9.37 Å². The summed E-state index contributed by atoms with van der Waals surface area (Å²) in [5, 5.41) is 4.75. The highest BCUT2D eigenvalue weighted by Gasteiger charge is 2.45. The van der Waals surface area contributed by atoms with Crippen LogP contribution in [0.15, 0.2) is 12.3 Å². The number of nitrogens with one attached hydrogen (secondary N) is 1. The first kappa shape index (κ1) is 25.6. The third-order valence-corrected chi connectivity index (χ3v) is 10.7. The van der Waals surface area contributed by atoms with Crippen molar-refractivity contribution < 1.29 is 9.13 Å². The maximum atomic E-state index is 16.7. The van der Waals surface area contributed by atoms with Gasteiger partial charge in [0.2, 0.25) is 0 Å². The number of hydrogen-bond acceptors (Lipinski definition) is 10. The molecule has 214 valence electrons. The fraction of sp³-hybridized carbons (Fsp3) is 0.533. The Morgan fingerprint density at radius 1 is 1.10 bits per heavy atom. The summed E-state index contributed by atoms with van der Waals surface area (Å²) in [5.41, 5.74) is 9.91. The molecule has 7 heterocycles. The highest BCUT2D eigenvalue weighted by molar-refractivity contribution is 7.22. The molecule has 11 heteroatoms. The van der Waals surface area contributed by atoms with E-state index in [-0.39, 0.29) is 22.8 Å². The van der Waals surface area contributed by atoms with Crippen molar-refractivity contribution in [3.05, 3.63) is 29.2 Å². The smallest absolute Gasteiger partial charge is 0.319 e. The minimum absolute atomic E-state index is 0.0451. The Morgan fingerprint density at radius 3 is 2.61 bits per heavy atom. The largest absolute Gasteiger partial charge is 0.461 e. The van der Waals surface area contributed by atoms with Crippen molar-refractivity contribution >= 4 is 43.4 Å². The quantitative estimate of drug-likeness (QED) is 0.354. The Bertz CT molecular complexity index is 1670. The van der Waals surface area contributed by atoms with Crippen LogP contribution < -0.4 is 20.7 Å². The summed E-state index contributed by atoms with van der Waals surface area (Å²) in [6.45, 7) is 8.40. The van der Waals surface area contributed by atoms with Crippen LogP contribution in [0.4, 0.5) is 15.3 Å². The molecule has 9 nitrogen and oxygen atoms in total. The summed E-state index contributed by atoms with van der Waals surface area (Å²) in [6.07, 6.45) is 8.63. The minimum atomic E-state index is -0.475. The molecule has 0 spiro atoms. The van der Waals surface area contributed by atoms with E-state index in [1.165, 1.54) is 24.2 Å². The first-order chi connectivity index (χ1) is 19.9. The maximum Gasteiger partial charge on any atom is 0.319 e. The highest BCUT2D eigenvalue weighted by Crippen LogP contribution is 2.41. The van der Waals surface area contributed by atoms with Gasteiger partial charge < -0.3 is 20.7 Å². The van der Waals surface area contributed by atoms with Gasteiger partial charge in [0.25, 0.3) is 0 Å². The Kier molecular flexibility index (Phi) is 5.88. The van der Waals surface area contributed by atoms with Crippen molar-refractivity contribution in [3.63, 3.8) is 0 Å². The lowest BCUT2D eigenvalue weighted by molar-refractivity contribution is 0.108. The Balaban J connectivity index is 1.27. The van der Waals surface area contributed by atoms with Gasteiger partial charge in [0.05, 0.1) is 21.1 Å². The van der Waals surface area contributed by atoms with E-state index >= 15 is 4.39 Å². The van der Waals surface area contributed by atoms with Gasteiger partial charge in [-0.05, 0) is 82.7 Å². The van der Waals surface area contributed by atoms with Crippen LogP contribution in [0.5, 0.6) is 6.01 Å². The van der Waals surface area contributed by atoms with Crippen molar-refractivity contribution in [2.45, 2.75) is 70.0 Å². The number of piperazine rings is 1. The average molecular weight is 575 g/mol. The van der Waals surface area contributed by atoms with Crippen molar-refractivity contribution in [1.29, 1.82) is 0 Å². The van der Waals surface area contributed by atoms with Crippen LogP contribution in [0, 0.1) is 19.7 Å². The number of nitrogens with two attached hydrogens (primary N) is 1. The molecule has 3 N–H and O–H groups in total. The van der Waals surface area contributed by atoms with Gasteiger partial charge in [0.1, 0.15) is 23.6 Å². The van der Waals surface area contributed by atoms with E-state index in [1.807, 2.05) is 13.8 Å². The lowest BCUT2D eigenvalue weighted by Gasteiger charge is -2.34. The van der Waals surface area contributed by atoms with Gasteiger partial charge in [-0.15, -0.1) is 0 Å². The molecule has 3 aromatic heterocycles. The van der Waals surface area contributed by atoms with E-state index in [0.29, 0.717) is 46.1 Å². The Hall–Kier alpha value is -3.15. The molecule has 0 amide bonds. The number of nitrogens with zero attached hydrogens (tertiary/aromatic N) is 6. The van der Waals surface area contributed by atoms with Gasteiger partial charge in [0.15, 0.2) is 10.9 Å². The third-order valence-electron chi connectivity index (χ3n) is 9.90. The molecule has 4 aliphatic heterocycles. The van der Waals surface area contributed by atoms with Gasteiger partial charge in [-0.3, -0.25) is 9.88 Å². The minimum Gasteiger partial charge on any atom is -0.461 e. The van der Waals surface area contributed by atoms with Gasteiger partial charge in [-0.2, -0.15) is 9.97 Å². The molecule has 4 aromatic rings. The maximum absolute atomic E-state index is 16.7. The molecule has 8 rings (SSSR count). The molecule has 0 unspecified atom stereocenters. The van der Waals surface area contributed by atoms with E-state index in [0.717, 1.165) is 67.7 Å². The van der Waals surface area contributed by atoms with Crippen LogP contribution in [0.3, 0.4) is 0 Å². The SMILES string of the molecule is Cc1cc2sc(N)nc2c(-c2ncc3c(N4C[C@H]5CC[C@@H](C4)N5)nc(OCC45CCCN4CCC5)nc3c2F)c1C. The molecule has 0 saturated carbocycles. The molecule has 4 saturated heterocycles. The van der Waals surface area contributed by atoms with E-state index < -0.39 is 5.82 Å². The van der Waals surface area contributed by atoms with Gasteiger partial charge in [0, 0.05) is 36.9 Å². The standard InChI is InChI=1S/C30H35FN8OS/c1-16-11-21-25(35-28(32)41-21)22(17(16)2)26-23(31)24-20(12-33-26)27(38-13-18-5-6-19(14-38)34-18)37-29(36-24)40-15-30-7-3-9-39(30)10-4-8-30/h11-12,18-19,34H,3-10,13-15H2,1-2H3,(H2,32,35)/t18-,19+. The van der Waals surface area contributed by atoms with Crippen LogP contribution in [0.1, 0.15) is 49.7 Å². The number of anilines is 2. The lowest BCUT2D eigenvalue weighted by atomic mass is 9.95. The third kappa shape index (κ3) is 4.07. The number of nitrogen functional groups attached to an aromatic ring is 1. The Labute approximate surface area is 242 Å². The van der Waals surface area contributed by atoms with Gasteiger partial charge in [-0.1, -0.05) is 11.3 Å². The van der Waals surface area contributed by atoms with Crippen LogP contribution in [-0.2, 0) is 0 Å². The second kappa shape index (κ2) is 9.43. The van der Waals surface area contributed by atoms with Crippen LogP contribution >= 0.6 is 11.3 Å². The first-order valence-corrected chi connectivity index (χ1v) is 15.6. The number of thiazole rings is 1. The molecule has 4 fully saturated rings. The zero-order valence-electron chi connectivity index (χ0n) is 23.5. The summed E-state index contributed by atoms with van der Waals surface area (Å²) < 4.78 is 24.1. The molecular weight excluding hydrogens is 539 g/mol. The predicted molar refractivity (Wildman–Crippen MR) is 160 cm³/mol. The lowest BCUT2D eigenvalue weighted by Crippen LogP contribution is -2.51. The van der Waals surface area contributed by atoms with Crippen LogP contribution in [0.25, 0.3) is 32.4 Å². The Morgan fingerprint density at radius 2 is 1.85 bits per heavy atom. The molecule has 1 aromatic carbocycles. The molecule has 4 aliphatic rings. The van der Waals surface area contributed by atoms with Crippen LogP contribution in [-0.4, -0.2) is 75.2 Å². The molecule has 2 atom stereocenters. The van der Waals surface area contributed by atoms with Crippen molar-refractivity contribution in [3.8, 4) is 17.3 Å². The van der Waals surface area contributed by atoms with Gasteiger partial charge >= 0.3 is 6.01 Å². The second-order valence-corrected chi connectivity index (χ2v) is 13.4. The van der Waals surface area contributed by atoms with Crippen molar-refractivity contribution in [2.24, 2.45) is 0 Å². The zero-order valence-corrected chi connectivity index (χ0v) is 24.4. The zero-order chi connectivity index (χ0) is 27.9. The van der Waals surface area contributed by atoms with E-state index in [4.69, 9.17) is 25.4 Å². The van der Waals surface area contributed by atoms with Crippen molar-refractivity contribution in [1.82, 2.24) is 30.2 Å². The summed E-state index contributed by atoms with van der Waals surface area (Å²) in [6, 6.07) is 3.11. The van der Waals surface area contributed by atoms with Crippen LogP contribution in [0.2, 0.25) is 0 Å². The first-order valence-electron chi connectivity index (χ1n) is 14.8. The number of rotatable bonds is 5. The molecule has 2 bridgehead atoms. The summed E-state index contributed by atoms with van der Waals surface area (Å²) >= 11 is 1.40. The number of aryl methyl sites for hydroxylation is 1. The number of ether oxygens (including phenoxy) is 1. The summed E-state index contributed by atoms with van der Waals surface area (Å²) in [4.78, 5) is 23.7. The summed E-state index contributed by atoms with van der Waals surface area (Å²) in [7, 11) is 0. The van der Waals surface area contributed by atoms with E-state index in [9.17, 15) is 0 Å². The van der Waals surface area contributed by atoms with E-state index in [2.05, 4.69) is 26.2 Å². The number of halogens is 1. The number of fused-ring (bicyclic) bond motifs is 5. The second-order valence-electron chi connectivity index (χ2n) is 12.4. The predicted octanol–water partition coefficient (Wildman–Crippen LogP) is 4.59. The number of pyridine rings is 1. The fourth-order valence-electron chi connectivity index (χ4n) is 7.73. The molecular formula is C30H35FN8OS. The molecule has 41 heavy (non-hydrogen) atoms.